The Balaban J connectivity index is 0.000001000. The highest BCUT2D eigenvalue weighted by Gasteiger charge is 2.12. The molecule has 62 valence electrons. The highest BCUT2D eigenvalue weighted by Crippen LogP contribution is 2.15. The Bertz CT molecular complexity index is 271. The van der Waals surface area contributed by atoms with Gasteiger partial charge in [0.05, 0.1) is 4.92 Å². The summed E-state index contributed by atoms with van der Waals surface area (Å²) in [7, 11) is 2.23. The van der Waals surface area contributed by atoms with Gasteiger partial charge in [0, 0.05) is 0 Å². The Kier molecular flexibility index (Phi) is 3.14. The van der Waals surface area contributed by atoms with Gasteiger partial charge >= 0.3 is 5.69 Å². The van der Waals surface area contributed by atoms with Gasteiger partial charge in [-0.25, -0.2) is 0 Å². The molecule has 6 heteroatoms. The molecule has 0 radical (unpaired) electrons. The van der Waals surface area contributed by atoms with Crippen LogP contribution in [-0.2, 0) is 0 Å². The molecule has 1 heterocycles. The van der Waals surface area contributed by atoms with Gasteiger partial charge < -0.3 is 0 Å². The first-order valence-corrected chi connectivity index (χ1v) is 3.08. The summed E-state index contributed by atoms with van der Waals surface area (Å²) in [5.41, 5.74) is 0.481. The largest absolute Gasteiger partial charge is 0.310 e. The lowest BCUT2D eigenvalue weighted by atomic mass is 10.4. The number of hydrogen-bond acceptors (Lipinski definition) is 3. The molecule has 0 amide bonds. The SMILES string of the molecule is C.Cc1nn(P)cc1[N+](=O)[O-]. The molecule has 1 aromatic rings. The molecule has 0 aliphatic rings. The zero-order chi connectivity index (χ0) is 7.72. The molecule has 1 rings (SSSR count). The molecular weight excluding hydrogens is 165 g/mol. The predicted molar refractivity (Wildman–Crippen MR) is 45.5 cm³/mol. The van der Waals surface area contributed by atoms with Crippen LogP contribution in [0.15, 0.2) is 6.20 Å². The third kappa shape index (κ3) is 1.98. The van der Waals surface area contributed by atoms with Crippen molar-refractivity contribution in [1.29, 1.82) is 0 Å². The Morgan fingerprint density at radius 2 is 2.36 bits per heavy atom. The van der Waals surface area contributed by atoms with E-state index in [-0.39, 0.29) is 13.1 Å². The maximum absolute atomic E-state index is 10.2. The molecular formula is C5H10N3O2P. The molecule has 0 saturated heterocycles. The van der Waals surface area contributed by atoms with Crippen LogP contribution in [0.5, 0.6) is 0 Å². The summed E-state index contributed by atoms with van der Waals surface area (Å²) in [5, 5.41) is 13.9. The zero-order valence-electron chi connectivity index (χ0n) is 5.31. The lowest BCUT2D eigenvalue weighted by molar-refractivity contribution is -0.385. The second-order valence-corrected chi connectivity index (χ2v) is 2.37. The van der Waals surface area contributed by atoms with Crippen LogP contribution in [0.1, 0.15) is 13.1 Å². The maximum atomic E-state index is 10.2. The van der Waals surface area contributed by atoms with E-state index < -0.39 is 4.92 Å². The van der Waals surface area contributed by atoms with E-state index in [1.807, 2.05) is 0 Å². The highest BCUT2D eigenvalue weighted by atomic mass is 31.0. The summed E-state index contributed by atoms with van der Waals surface area (Å²) in [5.74, 6) is 0. The Morgan fingerprint density at radius 1 is 1.82 bits per heavy atom. The molecule has 1 atom stereocenters. The van der Waals surface area contributed by atoms with E-state index in [0.717, 1.165) is 0 Å². The van der Waals surface area contributed by atoms with Crippen molar-refractivity contribution in [3.63, 3.8) is 0 Å². The van der Waals surface area contributed by atoms with Crippen LogP contribution in [0.3, 0.4) is 0 Å². The molecule has 1 unspecified atom stereocenters. The second-order valence-electron chi connectivity index (χ2n) is 1.84. The number of nitro groups is 1. The fourth-order valence-corrected chi connectivity index (χ4v) is 0.966. The summed E-state index contributed by atoms with van der Waals surface area (Å²) in [6.45, 7) is 1.60. The summed E-state index contributed by atoms with van der Waals surface area (Å²) < 4.78 is 1.34. The Morgan fingerprint density at radius 3 is 2.55 bits per heavy atom. The molecule has 0 aromatic carbocycles. The first kappa shape index (κ1) is 10.0. The van der Waals surface area contributed by atoms with Gasteiger partial charge in [0.1, 0.15) is 11.9 Å². The maximum Gasteiger partial charge on any atom is 0.310 e. The Hall–Kier alpha value is -0.960. The number of aryl methyl sites for hydroxylation is 1. The van der Waals surface area contributed by atoms with E-state index in [1.165, 1.54) is 10.6 Å². The third-order valence-corrected chi connectivity index (χ3v) is 1.35. The number of aromatic nitrogens is 2. The van der Waals surface area contributed by atoms with E-state index in [4.69, 9.17) is 0 Å². The summed E-state index contributed by atoms with van der Waals surface area (Å²) >= 11 is 0. The first-order chi connectivity index (χ1) is 4.61. The quantitative estimate of drug-likeness (QED) is 0.368. The van der Waals surface area contributed by atoms with E-state index in [9.17, 15) is 10.1 Å². The molecule has 11 heavy (non-hydrogen) atoms. The number of nitrogens with zero attached hydrogens (tertiary/aromatic N) is 3. The molecule has 0 fully saturated rings. The van der Waals surface area contributed by atoms with Crippen molar-refractivity contribution < 1.29 is 4.92 Å². The molecule has 0 N–H and O–H groups in total. The standard InChI is InChI=1S/C4H6N3O2P.CH4/c1-3-4(7(8)9)2-6(10)5-3;/h2H,10H2,1H3;1H4. The fraction of sp³-hybridized carbons (Fsp3) is 0.400. The summed E-state index contributed by atoms with van der Waals surface area (Å²) in [4.78, 5) is 9.72. The van der Waals surface area contributed by atoms with Gasteiger partial charge in [-0.1, -0.05) is 7.43 Å². The average Bonchev–Trinajstić information content (AvgIpc) is 2.10. The normalized spacial score (nSPS) is 8.91. The minimum absolute atomic E-state index is 0. The topological polar surface area (TPSA) is 61.0 Å². The van der Waals surface area contributed by atoms with Crippen LogP contribution >= 0.6 is 9.39 Å². The van der Waals surface area contributed by atoms with Crippen molar-refractivity contribution in [3.8, 4) is 0 Å². The van der Waals surface area contributed by atoms with Crippen molar-refractivity contribution in [3.05, 3.63) is 22.0 Å². The lowest BCUT2D eigenvalue weighted by Gasteiger charge is -1.81. The fourth-order valence-electron chi connectivity index (χ4n) is 0.651. The molecule has 0 saturated carbocycles. The van der Waals surface area contributed by atoms with Gasteiger partial charge in [-0.2, -0.15) is 5.10 Å². The smallest absolute Gasteiger partial charge is 0.258 e. The van der Waals surface area contributed by atoms with Crippen LogP contribution in [0.2, 0.25) is 0 Å². The molecule has 0 aliphatic heterocycles. The van der Waals surface area contributed by atoms with Gasteiger partial charge in [-0.3, -0.25) is 14.6 Å². The van der Waals surface area contributed by atoms with Gasteiger partial charge in [0.25, 0.3) is 0 Å². The third-order valence-electron chi connectivity index (χ3n) is 1.09. The van der Waals surface area contributed by atoms with Crippen LogP contribution in [0, 0.1) is 17.0 Å². The summed E-state index contributed by atoms with van der Waals surface area (Å²) in [6, 6.07) is 0. The molecule has 1 aromatic heterocycles. The van der Waals surface area contributed by atoms with E-state index in [0.29, 0.717) is 5.69 Å². The van der Waals surface area contributed by atoms with Crippen molar-refractivity contribution in [2.24, 2.45) is 0 Å². The van der Waals surface area contributed by atoms with Gasteiger partial charge in [0.2, 0.25) is 0 Å². The average molecular weight is 175 g/mol. The van der Waals surface area contributed by atoms with Gasteiger partial charge in [-0.05, 0) is 16.3 Å². The molecule has 0 aliphatic carbocycles. The molecule has 5 nitrogen and oxygen atoms in total. The minimum atomic E-state index is -0.455. The van der Waals surface area contributed by atoms with Crippen molar-refractivity contribution in [2.45, 2.75) is 14.4 Å². The van der Waals surface area contributed by atoms with E-state index >= 15 is 0 Å². The zero-order valence-corrected chi connectivity index (χ0v) is 6.47. The van der Waals surface area contributed by atoms with Crippen LogP contribution < -0.4 is 0 Å². The van der Waals surface area contributed by atoms with E-state index in [1.54, 1.807) is 6.92 Å². The first-order valence-electron chi connectivity index (χ1n) is 2.57. The lowest BCUT2D eigenvalue weighted by Crippen LogP contribution is -1.86. The van der Waals surface area contributed by atoms with Crippen LogP contribution in [0.25, 0.3) is 0 Å². The second kappa shape index (κ2) is 3.44. The molecule has 0 bridgehead atoms. The van der Waals surface area contributed by atoms with Gasteiger partial charge in [-0.15, -0.1) is 0 Å². The van der Waals surface area contributed by atoms with E-state index in [2.05, 4.69) is 14.5 Å². The predicted octanol–water partition coefficient (Wildman–Crippen LogP) is 1.37. The van der Waals surface area contributed by atoms with Crippen molar-refractivity contribution >= 4 is 15.1 Å². The minimum Gasteiger partial charge on any atom is -0.258 e. The van der Waals surface area contributed by atoms with Crippen LogP contribution in [0.4, 0.5) is 5.69 Å². The molecule has 0 spiro atoms. The Labute approximate surface area is 66.8 Å². The van der Waals surface area contributed by atoms with Crippen molar-refractivity contribution in [1.82, 2.24) is 9.55 Å². The van der Waals surface area contributed by atoms with Crippen LogP contribution in [-0.4, -0.2) is 14.5 Å². The van der Waals surface area contributed by atoms with Gasteiger partial charge in [0.15, 0.2) is 0 Å². The summed E-state index contributed by atoms with van der Waals surface area (Å²) in [6.07, 6.45) is 1.35. The monoisotopic (exact) mass is 175 g/mol. The van der Waals surface area contributed by atoms with Crippen molar-refractivity contribution in [2.75, 3.05) is 0 Å². The number of rotatable bonds is 1. The highest BCUT2D eigenvalue weighted by molar-refractivity contribution is 7.14. The number of hydrogen-bond donors (Lipinski definition) is 0.